The second-order valence-corrected chi connectivity index (χ2v) is 16.1. The van der Waals surface area contributed by atoms with Crippen LogP contribution < -0.4 is 35.2 Å². The minimum absolute atomic E-state index is 0.0227. The highest BCUT2D eigenvalue weighted by Gasteiger charge is 2.42. The Balaban J connectivity index is 0.951. The molecule has 3 aliphatic heterocycles. The molecule has 7 aromatic carbocycles. The smallest absolute Gasteiger partial charge is 0.269 e. The van der Waals surface area contributed by atoms with Gasteiger partial charge < -0.3 is 14.2 Å². The monoisotopic (exact) mass is 760 g/mol. The van der Waals surface area contributed by atoms with Crippen LogP contribution in [0.5, 0.6) is 34.5 Å². The zero-order valence-electron chi connectivity index (χ0n) is 32.2. The molecule has 10 aromatic rings. The molecular weight excluding hydrogens is 727 g/mol. The molecule has 0 aliphatic carbocycles. The first-order valence-corrected chi connectivity index (χ1v) is 20.0. The molecule has 278 valence electrons. The largest absolute Gasteiger partial charge is 0.458 e. The van der Waals surface area contributed by atoms with E-state index in [0.717, 1.165) is 95.2 Å². The van der Waals surface area contributed by atoms with Crippen LogP contribution in [0.2, 0.25) is 0 Å². The van der Waals surface area contributed by atoms with Crippen LogP contribution in [0.4, 0.5) is 0 Å². The average Bonchev–Trinajstić information content (AvgIpc) is 3.83. The van der Waals surface area contributed by atoms with Crippen molar-refractivity contribution in [1.82, 2.24) is 14.1 Å². The highest BCUT2D eigenvalue weighted by atomic mass is 16.5. The molecule has 0 atom stereocenters. The topological polar surface area (TPSA) is 54.3 Å². The number of pyridine rings is 1. The lowest BCUT2D eigenvalue weighted by molar-refractivity contribution is -0.572. The molecule has 0 bridgehead atoms. The quantitative estimate of drug-likeness (QED) is 0.102. The number of nitrogens with zero attached hydrogens (tertiary/aromatic N) is 4. The number of fused-ring (bicyclic) bond motifs is 10. The standard InChI is InChI=1S/C51H33BN4O3/c1-51(2)36-25-24-34(28-41(36)55-30-54(31-13-4-3-5-14-31)40-21-11-18-37(51)48(40)55)57-33-16-10-15-32(27-33)56-42-29-45-47-49(46(42)35-17-12-26-53-50(35)56)59-44-23-9-7-20-39(44)52(47)38-19-6-8-22-43(38)58-45/h3-29H,1-2H3. The highest BCUT2D eigenvalue weighted by Crippen LogP contribution is 2.47. The first kappa shape index (κ1) is 32.5. The van der Waals surface area contributed by atoms with E-state index in [-0.39, 0.29) is 12.1 Å². The summed E-state index contributed by atoms with van der Waals surface area (Å²) in [5, 5.41) is 2.00. The Morgan fingerprint density at radius 3 is 2.29 bits per heavy atom. The number of imidazole rings is 1. The van der Waals surface area contributed by atoms with Crippen LogP contribution in [-0.4, -0.2) is 20.8 Å². The van der Waals surface area contributed by atoms with Gasteiger partial charge in [0.25, 0.3) is 13.0 Å². The van der Waals surface area contributed by atoms with Crippen LogP contribution in [0.1, 0.15) is 25.0 Å². The third kappa shape index (κ3) is 4.48. The fourth-order valence-electron chi connectivity index (χ4n) is 9.87. The van der Waals surface area contributed by atoms with Gasteiger partial charge in [-0.2, -0.15) is 0 Å². The van der Waals surface area contributed by atoms with E-state index in [1.54, 1.807) is 0 Å². The number of para-hydroxylation sites is 4. The second kappa shape index (κ2) is 11.7. The number of hydrogen-bond donors (Lipinski definition) is 0. The first-order chi connectivity index (χ1) is 29.0. The SMILES string of the molecule is CC1(C)c2ccc(Oc3cccc(-n4c5cc6c7c(c5c5cccnc54)Oc4ccccc4B7c4ccccc4O6)c3)cc2-n2[c-][n+](-c3ccccc3)c3cccc1c32. The summed E-state index contributed by atoms with van der Waals surface area (Å²) >= 11 is 0. The molecule has 3 aromatic heterocycles. The van der Waals surface area contributed by atoms with E-state index in [2.05, 4.69) is 155 Å². The van der Waals surface area contributed by atoms with Gasteiger partial charge >= 0.3 is 0 Å². The van der Waals surface area contributed by atoms with Crippen molar-refractivity contribution in [2.75, 3.05) is 0 Å². The number of ether oxygens (including phenoxy) is 3. The summed E-state index contributed by atoms with van der Waals surface area (Å²) in [5.74, 6) is 4.74. The molecule has 0 saturated heterocycles. The Morgan fingerprint density at radius 2 is 1.44 bits per heavy atom. The maximum atomic E-state index is 6.89. The van der Waals surface area contributed by atoms with Gasteiger partial charge in [-0.25, -0.2) is 4.98 Å². The maximum absolute atomic E-state index is 6.89. The van der Waals surface area contributed by atoms with Crippen molar-refractivity contribution in [3.05, 3.63) is 181 Å². The zero-order chi connectivity index (χ0) is 39.0. The van der Waals surface area contributed by atoms with E-state index in [0.29, 0.717) is 5.75 Å². The molecule has 0 N–H and O–H groups in total. The van der Waals surface area contributed by atoms with Crippen molar-refractivity contribution < 1.29 is 18.8 Å². The molecule has 7 nitrogen and oxygen atoms in total. The van der Waals surface area contributed by atoms with E-state index in [4.69, 9.17) is 19.2 Å². The number of hydrogen-bond acceptors (Lipinski definition) is 4. The molecule has 0 fully saturated rings. The molecule has 0 amide bonds. The molecule has 0 spiro atoms. The maximum Gasteiger partial charge on any atom is 0.269 e. The Kier molecular flexibility index (Phi) is 6.47. The summed E-state index contributed by atoms with van der Waals surface area (Å²) in [6, 6.07) is 54.6. The molecule has 8 heteroatoms. The molecule has 3 aliphatic rings. The normalized spacial score (nSPS) is 14.0. The van der Waals surface area contributed by atoms with Crippen LogP contribution in [0.3, 0.4) is 0 Å². The van der Waals surface area contributed by atoms with Crippen LogP contribution >= 0.6 is 0 Å². The summed E-state index contributed by atoms with van der Waals surface area (Å²) in [7, 11) is 0. The third-order valence-electron chi connectivity index (χ3n) is 12.5. The van der Waals surface area contributed by atoms with Crippen LogP contribution in [0.15, 0.2) is 164 Å². The zero-order valence-corrected chi connectivity index (χ0v) is 32.2. The van der Waals surface area contributed by atoms with Gasteiger partial charge in [-0.15, -0.1) is 0 Å². The lowest BCUT2D eigenvalue weighted by atomic mass is 9.35. The van der Waals surface area contributed by atoms with Gasteiger partial charge in [-0.3, -0.25) is 13.7 Å². The second-order valence-electron chi connectivity index (χ2n) is 16.1. The lowest BCUT2D eigenvalue weighted by Gasteiger charge is -2.34. The molecule has 0 unspecified atom stereocenters. The number of aromatic nitrogens is 4. The third-order valence-corrected chi connectivity index (χ3v) is 12.5. The van der Waals surface area contributed by atoms with Gasteiger partial charge in [0, 0.05) is 34.6 Å². The summed E-state index contributed by atoms with van der Waals surface area (Å²) in [4.78, 5) is 4.97. The highest BCUT2D eigenvalue weighted by molar-refractivity contribution is 6.98. The van der Waals surface area contributed by atoms with Gasteiger partial charge in [0.2, 0.25) is 0 Å². The van der Waals surface area contributed by atoms with Crippen molar-refractivity contribution in [2.24, 2.45) is 0 Å². The summed E-state index contributed by atoms with van der Waals surface area (Å²) in [5.41, 5.74) is 12.6. The Morgan fingerprint density at radius 1 is 0.678 bits per heavy atom. The van der Waals surface area contributed by atoms with E-state index in [1.807, 2.05) is 42.6 Å². The molecule has 0 saturated carbocycles. The van der Waals surface area contributed by atoms with Crippen molar-refractivity contribution in [3.8, 4) is 51.6 Å². The number of benzene rings is 7. The fraction of sp³-hybridized carbons (Fsp3) is 0.0588. The van der Waals surface area contributed by atoms with Crippen LogP contribution in [-0.2, 0) is 5.41 Å². The summed E-state index contributed by atoms with van der Waals surface area (Å²) in [6.45, 7) is 4.57. The predicted octanol–water partition coefficient (Wildman–Crippen LogP) is 9.36. The van der Waals surface area contributed by atoms with Crippen LogP contribution in [0, 0.1) is 6.33 Å². The van der Waals surface area contributed by atoms with Crippen molar-refractivity contribution in [1.29, 1.82) is 0 Å². The van der Waals surface area contributed by atoms with Gasteiger partial charge in [0.1, 0.15) is 40.1 Å². The molecule has 6 heterocycles. The van der Waals surface area contributed by atoms with E-state index < -0.39 is 0 Å². The van der Waals surface area contributed by atoms with Crippen molar-refractivity contribution in [2.45, 2.75) is 19.3 Å². The molecule has 13 rings (SSSR count). The van der Waals surface area contributed by atoms with Gasteiger partial charge in [-0.1, -0.05) is 98.8 Å². The Hall–Kier alpha value is -7.58. The minimum atomic E-state index is -0.232. The fourth-order valence-corrected chi connectivity index (χ4v) is 9.87. The van der Waals surface area contributed by atoms with Gasteiger partial charge in [-0.05, 0) is 82.7 Å². The van der Waals surface area contributed by atoms with E-state index in [1.165, 1.54) is 11.1 Å². The van der Waals surface area contributed by atoms with Crippen molar-refractivity contribution >= 4 is 56.1 Å². The Labute approximate surface area is 340 Å². The average molecular weight is 761 g/mol. The molecule has 0 radical (unpaired) electrons. The summed E-state index contributed by atoms with van der Waals surface area (Å²) < 4.78 is 26.9. The summed E-state index contributed by atoms with van der Waals surface area (Å²) in [6.07, 6.45) is 5.54. The van der Waals surface area contributed by atoms with Crippen LogP contribution in [0.25, 0.3) is 50.0 Å². The van der Waals surface area contributed by atoms with Gasteiger partial charge in [0.05, 0.1) is 39.0 Å². The first-order valence-electron chi connectivity index (χ1n) is 20.0. The predicted molar refractivity (Wildman–Crippen MR) is 232 cm³/mol. The number of rotatable bonds is 4. The van der Waals surface area contributed by atoms with Gasteiger partial charge in [0.15, 0.2) is 0 Å². The molecular formula is C51H33BN4O3. The van der Waals surface area contributed by atoms with E-state index >= 15 is 0 Å². The van der Waals surface area contributed by atoms with Crippen molar-refractivity contribution in [3.63, 3.8) is 0 Å². The lowest BCUT2D eigenvalue weighted by Crippen LogP contribution is -2.57. The van der Waals surface area contributed by atoms with E-state index in [9.17, 15) is 0 Å². The minimum Gasteiger partial charge on any atom is -0.458 e. The molecule has 59 heavy (non-hydrogen) atoms. The Bertz CT molecular complexity index is 3410.